The quantitative estimate of drug-likeness (QED) is 0.848. The highest BCUT2D eigenvalue weighted by Crippen LogP contribution is 2.15. The normalized spacial score (nSPS) is 10.1. The zero-order chi connectivity index (χ0) is 11.4. The van der Waals surface area contributed by atoms with E-state index in [4.69, 9.17) is 16.7 Å². The maximum Gasteiger partial charge on any atom is 0.115 e. The van der Waals surface area contributed by atoms with Gasteiger partial charge in [0.1, 0.15) is 5.75 Å². The van der Waals surface area contributed by atoms with Crippen LogP contribution in [0, 0.1) is 0 Å². The molecule has 2 N–H and O–H groups in total. The largest absolute Gasteiger partial charge is 0.508 e. The first-order valence-electron chi connectivity index (χ1n) is 5.01. The summed E-state index contributed by atoms with van der Waals surface area (Å²) < 4.78 is 0. The van der Waals surface area contributed by atoms with Crippen LogP contribution in [0.2, 0.25) is 5.02 Å². The van der Waals surface area contributed by atoms with Crippen LogP contribution in [0.1, 0.15) is 5.56 Å². The molecule has 82 valence electrons. The summed E-state index contributed by atoms with van der Waals surface area (Å²) in [7, 11) is 0. The summed E-state index contributed by atoms with van der Waals surface area (Å²) in [6.45, 7) is 0.724. The van der Waals surface area contributed by atoms with Crippen LogP contribution in [0.15, 0.2) is 48.5 Å². The van der Waals surface area contributed by atoms with Crippen LogP contribution in [-0.4, -0.2) is 5.11 Å². The molecule has 2 nitrogen and oxygen atoms in total. The Balaban J connectivity index is 1.97. The molecule has 0 aliphatic heterocycles. The Morgan fingerprint density at radius 3 is 2.19 bits per heavy atom. The second-order valence-electron chi connectivity index (χ2n) is 3.53. The number of phenolic OH excluding ortho intramolecular Hbond substituents is 1. The number of aromatic hydroxyl groups is 1. The van der Waals surface area contributed by atoms with Crippen molar-refractivity contribution in [1.82, 2.24) is 0 Å². The van der Waals surface area contributed by atoms with Crippen molar-refractivity contribution in [3.8, 4) is 5.75 Å². The number of halogens is 1. The molecule has 2 aromatic rings. The third kappa shape index (κ3) is 2.91. The van der Waals surface area contributed by atoms with Gasteiger partial charge in [0.2, 0.25) is 0 Å². The molecule has 0 bridgehead atoms. The molecule has 0 spiro atoms. The lowest BCUT2D eigenvalue weighted by Crippen LogP contribution is -1.98. The third-order valence-corrected chi connectivity index (χ3v) is 2.53. The van der Waals surface area contributed by atoms with Gasteiger partial charge in [-0.25, -0.2) is 0 Å². The number of hydrogen-bond donors (Lipinski definition) is 2. The van der Waals surface area contributed by atoms with Crippen molar-refractivity contribution in [3.05, 3.63) is 59.1 Å². The molecule has 3 heteroatoms. The molecule has 0 unspecified atom stereocenters. The molecule has 2 aromatic carbocycles. The van der Waals surface area contributed by atoms with E-state index in [1.807, 2.05) is 36.4 Å². The summed E-state index contributed by atoms with van der Waals surface area (Å²) in [4.78, 5) is 0. The van der Waals surface area contributed by atoms with Gasteiger partial charge in [0, 0.05) is 17.3 Å². The van der Waals surface area contributed by atoms with Crippen LogP contribution < -0.4 is 5.32 Å². The van der Waals surface area contributed by atoms with Crippen molar-refractivity contribution in [2.24, 2.45) is 0 Å². The van der Waals surface area contributed by atoms with Gasteiger partial charge in [0.15, 0.2) is 0 Å². The van der Waals surface area contributed by atoms with Crippen molar-refractivity contribution in [1.29, 1.82) is 0 Å². The van der Waals surface area contributed by atoms with E-state index in [-0.39, 0.29) is 5.75 Å². The fraction of sp³-hybridized carbons (Fsp3) is 0.0769. The van der Waals surface area contributed by atoms with E-state index in [2.05, 4.69) is 5.32 Å². The van der Waals surface area contributed by atoms with Crippen LogP contribution >= 0.6 is 11.6 Å². The Morgan fingerprint density at radius 2 is 1.56 bits per heavy atom. The van der Waals surface area contributed by atoms with Gasteiger partial charge in [-0.2, -0.15) is 0 Å². The van der Waals surface area contributed by atoms with Gasteiger partial charge in [-0.05, 0) is 42.0 Å². The number of anilines is 1. The molecule has 0 saturated carbocycles. The molecule has 0 aromatic heterocycles. The third-order valence-electron chi connectivity index (χ3n) is 2.28. The summed E-state index contributed by atoms with van der Waals surface area (Å²) in [6.07, 6.45) is 0. The summed E-state index contributed by atoms with van der Waals surface area (Å²) in [5.41, 5.74) is 2.14. The summed E-state index contributed by atoms with van der Waals surface area (Å²) in [5.74, 6) is 0.287. The molecular weight excluding hydrogens is 222 g/mol. The van der Waals surface area contributed by atoms with Gasteiger partial charge in [-0.15, -0.1) is 0 Å². The van der Waals surface area contributed by atoms with Crippen molar-refractivity contribution in [2.45, 2.75) is 6.54 Å². The highest BCUT2D eigenvalue weighted by Gasteiger charge is 1.94. The monoisotopic (exact) mass is 233 g/mol. The first-order chi connectivity index (χ1) is 7.74. The lowest BCUT2D eigenvalue weighted by Gasteiger charge is -2.06. The molecule has 0 fully saturated rings. The minimum absolute atomic E-state index is 0.287. The Kier molecular flexibility index (Phi) is 3.32. The highest BCUT2D eigenvalue weighted by molar-refractivity contribution is 6.30. The van der Waals surface area contributed by atoms with Gasteiger partial charge in [0.05, 0.1) is 0 Å². The summed E-state index contributed by atoms with van der Waals surface area (Å²) >= 11 is 5.79. The van der Waals surface area contributed by atoms with E-state index in [0.29, 0.717) is 0 Å². The van der Waals surface area contributed by atoms with Crippen LogP contribution in [0.4, 0.5) is 5.69 Å². The van der Waals surface area contributed by atoms with Gasteiger partial charge < -0.3 is 10.4 Å². The molecular formula is C13H12ClNO. The Hall–Kier alpha value is -1.67. The van der Waals surface area contributed by atoms with Crippen molar-refractivity contribution in [2.75, 3.05) is 5.32 Å². The van der Waals surface area contributed by atoms with E-state index in [0.717, 1.165) is 22.8 Å². The van der Waals surface area contributed by atoms with E-state index >= 15 is 0 Å². The van der Waals surface area contributed by atoms with Gasteiger partial charge >= 0.3 is 0 Å². The standard InChI is InChI=1S/C13H12ClNO/c14-11-3-5-12(6-4-11)15-9-10-1-7-13(16)8-2-10/h1-8,15-16H,9H2. The first-order valence-corrected chi connectivity index (χ1v) is 5.39. The molecule has 0 amide bonds. The number of benzene rings is 2. The van der Waals surface area contributed by atoms with Gasteiger partial charge in [-0.3, -0.25) is 0 Å². The summed E-state index contributed by atoms with van der Waals surface area (Å²) in [6, 6.07) is 14.7. The van der Waals surface area contributed by atoms with Gasteiger partial charge in [-0.1, -0.05) is 23.7 Å². The molecule has 16 heavy (non-hydrogen) atoms. The molecule has 0 atom stereocenters. The average Bonchev–Trinajstić information content (AvgIpc) is 2.30. The number of nitrogens with one attached hydrogen (secondary N) is 1. The van der Waals surface area contributed by atoms with Crippen LogP contribution in [0.3, 0.4) is 0 Å². The molecule has 0 radical (unpaired) electrons. The molecule has 0 aliphatic rings. The lowest BCUT2D eigenvalue weighted by atomic mass is 10.2. The van der Waals surface area contributed by atoms with E-state index in [1.54, 1.807) is 12.1 Å². The minimum atomic E-state index is 0.287. The topological polar surface area (TPSA) is 32.3 Å². The zero-order valence-corrected chi connectivity index (χ0v) is 9.41. The Bertz CT molecular complexity index is 405. The van der Waals surface area contributed by atoms with Crippen LogP contribution in [0.25, 0.3) is 0 Å². The smallest absolute Gasteiger partial charge is 0.115 e. The fourth-order valence-corrected chi connectivity index (χ4v) is 1.51. The van der Waals surface area contributed by atoms with Crippen LogP contribution in [-0.2, 0) is 6.54 Å². The zero-order valence-electron chi connectivity index (χ0n) is 8.65. The highest BCUT2D eigenvalue weighted by atomic mass is 35.5. The molecule has 2 rings (SSSR count). The van der Waals surface area contributed by atoms with E-state index in [9.17, 15) is 0 Å². The maximum absolute atomic E-state index is 9.14. The van der Waals surface area contributed by atoms with E-state index in [1.165, 1.54) is 0 Å². The first kappa shape index (κ1) is 10.8. The summed E-state index contributed by atoms with van der Waals surface area (Å²) in [5, 5.41) is 13.1. The predicted octanol–water partition coefficient (Wildman–Crippen LogP) is 3.66. The maximum atomic E-state index is 9.14. The second-order valence-corrected chi connectivity index (χ2v) is 3.96. The number of rotatable bonds is 3. The van der Waals surface area contributed by atoms with Crippen molar-refractivity contribution < 1.29 is 5.11 Å². The number of phenols is 1. The predicted molar refractivity (Wildman–Crippen MR) is 66.9 cm³/mol. The number of hydrogen-bond acceptors (Lipinski definition) is 2. The minimum Gasteiger partial charge on any atom is -0.508 e. The van der Waals surface area contributed by atoms with E-state index < -0.39 is 0 Å². The van der Waals surface area contributed by atoms with Crippen molar-refractivity contribution in [3.63, 3.8) is 0 Å². The fourth-order valence-electron chi connectivity index (χ4n) is 1.39. The van der Waals surface area contributed by atoms with Crippen LogP contribution in [0.5, 0.6) is 5.75 Å². The SMILES string of the molecule is Oc1ccc(CNc2ccc(Cl)cc2)cc1. The van der Waals surface area contributed by atoms with Crippen molar-refractivity contribution >= 4 is 17.3 Å². The average molecular weight is 234 g/mol. The molecule has 0 aliphatic carbocycles. The lowest BCUT2D eigenvalue weighted by molar-refractivity contribution is 0.475. The Morgan fingerprint density at radius 1 is 0.938 bits per heavy atom. The molecule has 0 saturated heterocycles. The Labute approximate surface area is 99.5 Å². The second kappa shape index (κ2) is 4.90. The van der Waals surface area contributed by atoms with Gasteiger partial charge in [0.25, 0.3) is 0 Å². The molecule has 0 heterocycles.